The molecule has 0 fully saturated rings. The molecule has 0 aliphatic carbocycles. The van der Waals surface area contributed by atoms with Gasteiger partial charge in [-0.15, -0.1) is 0 Å². The van der Waals surface area contributed by atoms with Gasteiger partial charge in [0.2, 0.25) is 0 Å². The van der Waals surface area contributed by atoms with E-state index < -0.39 is 12.1 Å². The van der Waals surface area contributed by atoms with Crippen LogP contribution in [0.1, 0.15) is 19.8 Å². The second-order valence-electron chi connectivity index (χ2n) is 4.25. The molecule has 0 aliphatic rings. The summed E-state index contributed by atoms with van der Waals surface area (Å²) in [5, 5.41) is 2.61. The van der Waals surface area contributed by atoms with E-state index in [4.69, 9.17) is 9.47 Å². The van der Waals surface area contributed by atoms with E-state index in [0.29, 0.717) is 30.7 Å². The predicted octanol–water partition coefficient (Wildman–Crippen LogP) is 3.13. The standard InChI is InChI=1S/C15H19NO4/c1-12(2)14(17)19-10-6-7-11-20-15(18)16-13-8-4-3-5-9-13/h3-5,8-9H,1,6-7,10-11H2,2H3,(H,16,18). The first kappa shape index (κ1) is 15.8. The van der Waals surface area contributed by atoms with Gasteiger partial charge in [0.1, 0.15) is 0 Å². The van der Waals surface area contributed by atoms with Crippen LogP contribution in [-0.2, 0) is 14.3 Å². The number of benzene rings is 1. The molecule has 1 aromatic rings. The average Bonchev–Trinajstić information content (AvgIpc) is 2.43. The Kier molecular flexibility index (Phi) is 6.89. The van der Waals surface area contributed by atoms with Crippen molar-refractivity contribution >= 4 is 17.7 Å². The van der Waals surface area contributed by atoms with E-state index in [1.54, 1.807) is 19.1 Å². The lowest BCUT2D eigenvalue weighted by atomic mass is 10.3. The monoisotopic (exact) mass is 277 g/mol. The molecule has 0 saturated carbocycles. The Labute approximate surface area is 118 Å². The largest absolute Gasteiger partial charge is 0.462 e. The van der Waals surface area contributed by atoms with Crippen LogP contribution in [0.15, 0.2) is 42.5 Å². The minimum Gasteiger partial charge on any atom is -0.462 e. The lowest BCUT2D eigenvalue weighted by Gasteiger charge is -2.07. The summed E-state index contributed by atoms with van der Waals surface area (Å²) in [6.45, 7) is 5.66. The van der Waals surface area contributed by atoms with Crippen LogP contribution in [0.5, 0.6) is 0 Å². The quantitative estimate of drug-likeness (QED) is 0.472. The zero-order valence-corrected chi connectivity index (χ0v) is 11.6. The van der Waals surface area contributed by atoms with Crippen LogP contribution in [-0.4, -0.2) is 25.3 Å². The maximum Gasteiger partial charge on any atom is 0.411 e. The minimum absolute atomic E-state index is 0.281. The maximum absolute atomic E-state index is 11.4. The Morgan fingerprint density at radius 1 is 1.10 bits per heavy atom. The normalized spacial score (nSPS) is 9.65. The fraction of sp³-hybridized carbons (Fsp3) is 0.333. The smallest absolute Gasteiger partial charge is 0.411 e. The van der Waals surface area contributed by atoms with E-state index in [9.17, 15) is 9.59 Å². The maximum atomic E-state index is 11.4. The van der Waals surface area contributed by atoms with Gasteiger partial charge in [-0.1, -0.05) is 24.8 Å². The molecule has 0 aliphatic heterocycles. The average molecular weight is 277 g/mol. The number of amides is 1. The summed E-state index contributed by atoms with van der Waals surface area (Å²) >= 11 is 0. The number of nitrogens with one attached hydrogen (secondary N) is 1. The zero-order chi connectivity index (χ0) is 14.8. The summed E-state index contributed by atoms with van der Waals surface area (Å²) in [6, 6.07) is 9.07. The first-order valence-corrected chi connectivity index (χ1v) is 6.41. The molecule has 0 saturated heterocycles. The van der Waals surface area contributed by atoms with Crippen LogP contribution in [0.25, 0.3) is 0 Å². The van der Waals surface area contributed by atoms with Gasteiger partial charge in [-0.2, -0.15) is 0 Å². The number of para-hydroxylation sites is 1. The highest BCUT2D eigenvalue weighted by Crippen LogP contribution is 2.05. The summed E-state index contributed by atoms with van der Waals surface area (Å²) in [4.78, 5) is 22.5. The first-order valence-electron chi connectivity index (χ1n) is 6.41. The number of unbranched alkanes of at least 4 members (excludes halogenated alkanes) is 1. The van der Waals surface area contributed by atoms with E-state index in [0.717, 1.165) is 0 Å². The van der Waals surface area contributed by atoms with Gasteiger partial charge in [-0.25, -0.2) is 9.59 Å². The molecule has 1 amide bonds. The molecule has 5 nitrogen and oxygen atoms in total. The summed E-state index contributed by atoms with van der Waals surface area (Å²) in [5.74, 6) is -0.396. The van der Waals surface area contributed by atoms with Crippen molar-refractivity contribution in [2.45, 2.75) is 19.8 Å². The second kappa shape index (κ2) is 8.74. The van der Waals surface area contributed by atoms with Gasteiger partial charge in [0, 0.05) is 11.3 Å². The van der Waals surface area contributed by atoms with Gasteiger partial charge in [0.25, 0.3) is 0 Å². The summed E-state index contributed by atoms with van der Waals surface area (Å²) in [7, 11) is 0. The van der Waals surface area contributed by atoms with Gasteiger partial charge in [0.15, 0.2) is 0 Å². The number of anilines is 1. The van der Waals surface area contributed by atoms with E-state index in [-0.39, 0.29) is 6.61 Å². The molecule has 0 aromatic heterocycles. The Morgan fingerprint density at radius 3 is 2.30 bits per heavy atom. The number of esters is 1. The molecule has 0 bridgehead atoms. The van der Waals surface area contributed by atoms with Crippen molar-refractivity contribution in [2.24, 2.45) is 0 Å². The van der Waals surface area contributed by atoms with E-state index in [2.05, 4.69) is 11.9 Å². The fourth-order valence-corrected chi connectivity index (χ4v) is 1.33. The lowest BCUT2D eigenvalue weighted by Crippen LogP contribution is -2.14. The van der Waals surface area contributed by atoms with Crippen LogP contribution in [0.2, 0.25) is 0 Å². The van der Waals surface area contributed by atoms with Gasteiger partial charge in [-0.3, -0.25) is 5.32 Å². The highest BCUT2D eigenvalue weighted by Gasteiger charge is 2.04. The van der Waals surface area contributed by atoms with E-state index in [1.165, 1.54) is 0 Å². The number of carbonyl (C=O) groups excluding carboxylic acids is 2. The van der Waals surface area contributed by atoms with E-state index >= 15 is 0 Å². The molecule has 20 heavy (non-hydrogen) atoms. The minimum atomic E-state index is -0.491. The number of hydrogen-bond donors (Lipinski definition) is 1. The van der Waals surface area contributed by atoms with Crippen molar-refractivity contribution in [3.05, 3.63) is 42.5 Å². The predicted molar refractivity (Wildman–Crippen MR) is 76.4 cm³/mol. The Balaban J connectivity index is 2.05. The van der Waals surface area contributed by atoms with Crippen molar-refractivity contribution in [1.29, 1.82) is 0 Å². The Morgan fingerprint density at radius 2 is 1.70 bits per heavy atom. The molecule has 108 valence electrons. The molecule has 0 heterocycles. The third-order valence-electron chi connectivity index (χ3n) is 2.37. The van der Waals surface area contributed by atoms with Crippen LogP contribution in [0, 0.1) is 0 Å². The zero-order valence-electron chi connectivity index (χ0n) is 11.6. The van der Waals surface area contributed by atoms with Crippen LogP contribution >= 0.6 is 0 Å². The Hall–Kier alpha value is -2.30. The van der Waals surface area contributed by atoms with Crippen molar-refractivity contribution in [2.75, 3.05) is 18.5 Å². The third kappa shape index (κ3) is 6.58. The summed E-state index contributed by atoms with van der Waals surface area (Å²) < 4.78 is 9.90. The van der Waals surface area contributed by atoms with Crippen molar-refractivity contribution in [3.8, 4) is 0 Å². The summed E-state index contributed by atoms with van der Waals surface area (Å²) in [6.07, 6.45) is 0.777. The number of rotatable bonds is 7. The van der Waals surface area contributed by atoms with Gasteiger partial charge in [-0.05, 0) is 31.9 Å². The molecule has 0 radical (unpaired) electrons. The topological polar surface area (TPSA) is 64.6 Å². The van der Waals surface area contributed by atoms with Crippen LogP contribution in [0.3, 0.4) is 0 Å². The number of hydrogen-bond acceptors (Lipinski definition) is 4. The molecule has 1 rings (SSSR count). The van der Waals surface area contributed by atoms with Crippen molar-refractivity contribution < 1.29 is 19.1 Å². The summed E-state index contributed by atoms with van der Waals surface area (Å²) in [5.41, 5.74) is 1.07. The van der Waals surface area contributed by atoms with Crippen molar-refractivity contribution in [3.63, 3.8) is 0 Å². The molecule has 0 spiro atoms. The molecular formula is C15H19NO4. The molecule has 1 N–H and O–H groups in total. The highest BCUT2D eigenvalue weighted by atomic mass is 16.5. The van der Waals surface area contributed by atoms with Gasteiger partial charge in [0.05, 0.1) is 13.2 Å². The number of carbonyl (C=O) groups is 2. The number of ether oxygens (including phenoxy) is 2. The van der Waals surface area contributed by atoms with Gasteiger partial charge < -0.3 is 9.47 Å². The molecule has 5 heteroatoms. The molecule has 0 unspecified atom stereocenters. The van der Waals surface area contributed by atoms with Crippen LogP contribution < -0.4 is 5.32 Å². The highest BCUT2D eigenvalue weighted by molar-refractivity contribution is 5.86. The van der Waals surface area contributed by atoms with Crippen LogP contribution in [0.4, 0.5) is 10.5 Å². The van der Waals surface area contributed by atoms with Crippen molar-refractivity contribution in [1.82, 2.24) is 0 Å². The third-order valence-corrected chi connectivity index (χ3v) is 2.37. The first-order chi connectivity index (χ1) is 9.59. The Bertz CT molecular complexity index is 456. The fourth-order valence-electron chi connectivity index (χ4n) is 1.33. The van der Waals surface area contributed by atoms with Gasteiger partial charge >= 0.3 is 12.1 Å². The molecule has 0 atom stereocenters. The van der Waals surface area contributed by atoms with E-state index in [1.807, 2.05) is 18.2 Å². The SMILES string of the molecule is C=C(C)C(=O)OCCCCOC(=O)Nc1ccccc1. The molecule has 1 aromatic carbocycles. The molecular weight excluding hydrogens is 258 g/mol. The second-order valence-corrected chi connectivity index (χ2v) is 4.25. The lowest BCUT2D eigenvalue weighted by molar-refractivity contribution is -0.139.